The largest absolute Gasteiger partial charge is 0.368 e. The summed E-state index contributed by atoms with van der Waals surface area (Å²) < 4.78 is 0. The number of amides is 2. The summed E-state index contributed by atoms with van der Waals surface area (Å²) in [6.07, 6.45) is 0.209. The Bertz CT molecular complexity index is 667. The number of halogens is 1. The van der Waals surface area contributed by atoms with Gasteiger partial charge in [0.05, 0.1) is 0 Å². The predicted octanol–water partition coefficient (Wildman–Crippen LogP) is 3.36. The first-order valence-corrected chi connectivity index (χ1v) is 11.2. The van der Waals surface area contributed by atoms with Crippen LogP contribution in [0.3, 0.4) is 0 Å². The van der Waals surface area contributed by atoms with Crippen LogP contribution in [0.5, 0.6) is 0 Å². The van der Waals surface area contributed by atoms with Gasteiger partial charge in [-0.1, -0.05) is 45.5 Å². The van der Waals surface area contributed by atoms with Crippen LogP contribution in [0.4, 0.5) is 0 Å². The Labute approximate surface area is 150 Å². The van der Waals surface area contributed by atoms with Gasteiger partial charge in [0.1, 0.15) is 14.1 Å². The van der Waals surface area contributed by atoms with Crippen molar-refractivity contribution in [2.45, 2.75) is 51.4 Å². The fraction of sp³-hybridized carbons (Fsp3) is 0.444. The van der Waals surface area contributed by atoms with Crippen LogP contribution in [0, 0.1) is 11.5 Å². The highest BCUT2D eigenvalue weighted by Crippen LogP contribution is 2.35. The van der Waals surface area contributed by atoms with Gasteiger partial charge in [-0.05, 0) is 29.3 Å². The van der Waals surface area contributed by atoms with E-state index in [4.69, 9.17) is 17.3 Å². The SMILES string of the molecule is CC(C)(C)[Si](C)(C)C#CC[C@H](NC(=O)c1ccc(Cl)cc1)C(N)=O. The minimum atomic E-state index is -1.76. The highest BCUT2D eigenvalue weighted by atomic mass is 35.5. The normalized spacial score (nSPS) is 12.8. The fourth-order valence-corrected chi connectivity index (χ4v) is 2.67. The molecule has 0 saturated carbocycles. The molecule has 6 heteroatoms. The highest BCUT2D eigenvalue weighted by molar-refractivity contribution is 6.87. The van der Waals surface area contributed by atoms with Crippen LogP contribution in [-0.4, -0.2) is 25.9 Å². The molecule has 24 heavy (non-hydrogen) atoms. The van der Waals surface area contributed by atoms with Crippen LogP contribution in [0.15, 0.2) is 24.3 Å². The van der Waals surface area contributed by atoms with Crippen LogP contribution in [0.25, 0.3) is 0 Å². The number of hydrogen-bond donors (Lipinski definition) is 2. The van der Waals surface area contributed by atoms with E-state index in [9.17, 15) is 9.59 Å². The van der Waals surface area contributed by atoms with Crippen molar-refractivity contribution < 1.29 is 9.59 Å². The van der Waals surface area contributed by atoms with Crippen molar-refractivity contribution in [3.8, 4) is 11.5 Å². The van der Waals surface area contributed by atoms with Gasteiger partial charge in [-0.2, -0.15) is 0 Å². The van der Waals surface area contributed by atoms with E-state index in [2.05, 4.69) is 50.6 Å². The maximum Gasteiger partial charge on any atom is 0.251 e. The van der Waals surface area contributed by atoms with Gasteiger partial charge < -0.3 is 11.1 Å². The highest BCUT2D eigenvalue weighted by Gasteiger charge is 2.33. The second kappa shape index (κ2) is 7.87. The molecular formula is C18H25ClN2O2Si. The predicted molar refractivity (Wildman–Crippen MR) is 101 cm³/mol. The van der Waals surface area contributed by atoms with E-state index in [1.807, 2.05) is 0 Å². The van der Waals surface area contributed by atoms with Crippen LogP contribution < -0.4 is 11.1 Å². The van der Waals surface area contributed by atoms with E-state index in [1.165, 1.54) is 0 Å². The molecule has 1 aromatic rings. The lowest BCUT2D eigenvalue weighted by Gasteiger charge is -2.31. The lowest BCUT2D eigenvalue weighted by Crippen LogP contribution is -2.44. The molecule has 130 valence electrons. The van der Waals surface area contributed by atoms with E-state index in [-0.39, 0.29) is 17.4 Å². The van der Waals surface area contributed by atoms with Gasteiger partial charge in [-0.3, -0.25) is 9.59 Å². The Balaban J connectivity index is 2.81. The molecule has 3 N–H and O–H groups in total. The summed E-state index contributed by atoms with van der Waals surface area (Å²) in [5, 5.41) is 3.31. The van der Waals surface area contributed by atoms with Crippen molar-refractivity contribution in [2.24, 2.45) is 5.73 Å². The van der Waals surface area contributed by atoms with Crippen LogP contribution in [0.2, 0.25) is 23.2 Å². The summed E-state index contributed by atoms with van der Waals surface area (Å²) in [6, 6.07) is 5.61. The van der Waals surface area contributed by atoms with Crippen molar-refractivity contribution in [2.75, 3.05) is 0 Å². The number of nitrogens with two attached hydrogens (primary N) is 1. The second-order valence-corrected chi connectivity index (χ2v) is 12.8. The van der Waals surface area contributed by atoms with Gasteiger partial charge in [0.2, 0.25) is 5.91 Å². The molecule has 0 aromatic heterocycles. The number of nitrogens with one attached hydrogen (secondary N) is 1. The summed E-state index contributed by atoms with van der Waals surface area (Å²) in [5.41, 5.74) is 9.13. The molecule has 2 amide bonds. The molecule has 1 atom stereocenters. The zero-order chi connectivity index (χ0) is 18.5. The molecule has 0 saturated heterocycles. The standard InChI is InChI=1S/C18H25ClN2O2Si/c1-18(2,3)24(4,5)12-6-7-15(16(20)22)21-17(23)13-8-10-14(19)11-9-13/h8-11,15H,7H2,1-5H3,(H2,20,22)(H,21,23)/t15-/m0/s1. The van der Waals surface area contributed by atoms with Gasteiger partial charge in [-0.15, -0.1) is 11.5 Å². The smallest absolute Gasteiger partial charge is 0.251 e. The molecule has 0 heterocycles. The topological polar surface area (TPSA) is 72.2 Å². The van der Waals surface area contributed by atoms with E-state index < -0.39 is 20.0 Å². The van der Waals surface area contributed by atoms with Crippen molar-refractivity contribution in [1.29, 1.82) is 0 Å². The molecule has 0 aliphatic heterocycles. The van der Waals surface area contributed by atoms with Gasteiger partial charge in [0.15, 0.2) is 0 Å². The number of hydrogen-bond acceptors (Lipinski definition) is 2. The quantitative estimate of drug-likeness (QED) is 0.635. The first-order valence-electron chi connectivity index (χ1n) is 7.80. The van der Waals surface area contributed by atoms with Gasteiger partial charge >= 0.3 is 0 Å². The molecule has 1 rings (SSSR count). The Hall–Kier alpha value is -1.77. The summed E-state index contributed by atoms with van der Waals surface area (Å²) in [6.45, 7) is 10.9. The maximum absolute atomic E-state index is 12.2. The molecule has 0 bridgehead atoms. The van der Waals surface area contributed by atoms with Gasteiger partial charge in [0, 0.05) is 17.0 Å². The van der Waals surface area contributed by atoms with Gasteiger partial charge in [0.25, 0.3) is 5.91 Å². The lowest BCUT2D eigenvalue weighted by atomic mass is 10.1. The zero-order valence-corrected chi connectivity index (χ0v) is 16.6. The Morgan fingerprint density at radius 2 is 1.79 bits per heavy atom. The summed E-state index contributed by atoms with van der Waals surface area (Å²) in [7, 11) is -1.76. The van der Waals surface area contributed by atoms with E-state index in [1.54, 1.807) is 24.3 Å². The van der Waals surface area contributed by atoms with Crippen molar-refractivity contribution >= 4 is 31.5 Å². The van der Waals surface area contributed by atoms with Crippen molar-refractivity contribution in [1.82, 2.24) is 5.32 Å². The Kier molecular flexibility index (Phi) is 6.64. The van der Waals surface area contributed by atoms with Gasteiger partial charge in [-0.25, -0.2) is 0 Å². The lowest BCUT2D eigenvalue weighted by molar-refractivity contribution is -0.119. The Morgan fingerprint density at radius 3 is 2.25 bits per heavy atom. The third kappa shape index (κ3) is 5.70. The molecule has 0 radical (unpaired) electrons. The van der Waals surface area contributed by atoms with E-state index in [0.29, 0.717) is 10.6 Å². The number of benzene rings is 1. The summed E-state index contributed by atoms with van der Waals surface area (Å²) in [4.78, 5) is 23.8. The number of primary amides is 1. The zero-order valence-electron chi connectivity index (χ0n) is 14.9. The molecule has 4 nitrogen and oxygen atoms in total. The molecule has 0 aliphatic carbocycles. The minimum Gasteiger partial charge on any atom is -0.368 e. The third-order valence-corrected chi connectivity index (χ3v) is 9.14. The number of carbonyl (C=O) groups excluding carboxylic acids is 2. The number of carbonyl (C=O) groups is 2. The summed E-state index contributed by atoms with van der Waals surface area (Å²) >= 11 is 5.80. The first kappa shape index (κ1) is 20.3. The molecule has 1 aromatic carbocycles. The average Bonchev–Trinajstić information content (AvgIpc) is 2.45. The second-order valence-electron chi connectivity index (χ2n) is 7.32. The summed E-state index contributed by atoms with van der Waals surface area (Å²) in [5.74, 6) is 2.09. The minimum absolute atomic E-state index is 0.134. The van der Waals surface area contributed by atoms with E-state index in [0.717, 1.165) is 0 Å². The first-order chi connectivity index (χ1) is 10.9. The number of rotatable bonds is 4. The third-order valence-electron chi connectivity index (χ3n) is 4.34. The maximum atomic E-state index is 12.2. The monoisotopic (exact) mass is 364 g/mol. The fourth-order valence-electron chi connectivity index (χ4n) is 1.63. The van der Waals surface area contributed by atoms with Crippen LogP contribution >= 0.6 is 11.6 Å². The van der Waals surface area contributed by atoms with Crippen LogP contribution in [-0.2, 0) is 4.79 Å². The van der Waals surface area contributed by atoms with Crippen molar-refractivity contribution in [3.63, 3.8) is 0 Å². The van der Waals surface area contributed by atoms with Crippen molar-refractivity contribution in [3.05, 3.63) is 34.9 Å². The molecule has 0 fully saturated rings. The Morgan fingerprint density at radius 1 is 1.25 bits per heavy atom. The molecular weight excluding hydrogens is 340 g/mol. The molecule has 0 spiro atoms. The van der Waals surface area contributed by atoms with Crippen LogP contribution in [0.1, 0.15) is 37.6 Å². The molecule has 0 unspecified atom stereocenters. The average molecular weight is 365 g/mol. The molecule has 0 aliphatic rings. The van der Waals surface area contributed by atoms with E-state index >= 15 is 0 Å².